The van der Waals surface area contributed by atoms with Crippen LogP contribution in [-0.4, -0.2) is 36.0 Å². The van der Waals surface area contributed by atoms with Crippen LogP contribution in [0.15, 0.2) is 18.2 Å². The number of hydrogen-bond donors (Lipinski definition) is 0. The molecule has 21 heavy (non-hydrogen) atoms. The van der Waals surface area contributed by atoms with Crippen molar-refractivity contribution in [2.24, 2.45) is 0 Å². The van der Waals surface area contributed by atoms with Gasteiger partial charge < -0.3 is 9.64 Å². The van der Waals surface area contributed by atoms with Crippen molar-refractivity contribution in [2.45, 2.75) is 39.2 Å². The fourth-order valence-electron chi connectivity index (χ4n) is 2.61. The second-order valence-corrected chi connectivity index (χ2v) is 5.65. The Morgan fingerprint density at radius 3 is 2.81 bits per heavy atom. The number of aryl methyl sites for hydroxylation is 1. The van der Waals surface area contributed by atoms with Crippen LogP contribution in [0.2, 0.25) is 5.02 Å². The minimum atomic E-state index is -0.497. The molecule has 1 amide bonds. The lowest BCUT2D eigenvalue weighted by Crippen LogP contribution is -2.48. The topological polar surface area (TPSA) is 46.6 Å². The molecule has 2 rings (SSSR count). The minimum Gasteiger partial charge on any atom is -0.464 e. The summed E-state index contributed by atoms with van der Waals surface area (Å²) in [6.07, 6.45) is 2.47. The molecule has 0 aliphatic carbocycles. The molecule has 1 heterocycles. The maximum Gasteiger partial charge on any atom is 0.328 e. The number of hydrogen-bond acceptors (Lipinski definition) is 3. The van der Waals surface area contributed by atoms with Gasteiger partial charge in [0, 0.05) is 6.54 Å². The van der Waals surface area contributed by atoms with E-state index in [0.717, 1.165) is 18.4 Å². The van der Waals surface area contributed by atoms with Gasteiger partial charge in [-0.1, -0.05) is 17.7 Å². The number of amides is 1. The molecule has 0 saturated carbocycles. The SMILES string of the molecule is CCOC(=O)C1CCCCN1C(=O)c1ccc(C)cc1Cl. The van der Waals surface area contributed by atoms with Gasteiger partial charge in [0.15, 0.2) is 0 Å². The van der Waals surface area contributed by atoms with E-state index in [1.807, 2.05) is 13.0 Å². The van der Waals surface area contributed by atoms with E-state index in [1.165, 1.54) is 0 Å². The van der Waals surface area contributed by atoms with Crippen LogP contribution in [0.4, 0.5) is 0 Å². The first-order valence-corrected chi connectivity index (χ1v) is 7.66. The molecule has 1 aromatic rings. The van der Waals surface area contributed by atoms with Gasteiger partial charge in [0.25, 0.3) is 5.91 Å². The molecule has 0 spiro atoms. The maximum absolute atomic E-state index is 12.7. The number of piperidine rings is 1. The van der Waals surface area contributed by atoms with Gasteiger partial charge in [-0.25, -0.2) is 4.79 Å². The van der Waals surface area contributed by atoms with E-state index in [4.69, 9.17) is 16.3 Å². The summed E-state index contributed by atoms with van der Waals surface area (Å²) >= 11 is 6.17. The largest absolute Gasteiger partial charge is 0.464 e. The van der Waals surface area contributed by atoms with Crippen LogP contribution in [0.1, 0.15) is 42.1 Å². The number of benzene rings is 1. The second kappa shape index (κ2) is 6.94. The van der Waals surface area contributed by atoms with Crippen molar-refractivity contribution < 1.29 is 14.3 Å². The van der Waals surface area contributed by atoms with E-state index in [2.05, 4.69) is 0 Å². The first-order valence-electron chi connectivity index (χ1n) is 7.28. The van der Waals surface area contributed by atoms with Gasteiger partial charge in [0.2, 0.25) is 0 Å². The van der Waals surface area contributed by atoms with Crippen LogP contribution in [0.5, 0.6) is 0 Å². The lowest BCUT2D eigenvalue weighted by atomic mass is 10.0. The molecule has 4 nitrogen and oxygen atoms in total. The quantitative estimate of drug-likeness (QED) is 0.806. The highest BCUT2D eigenvalue weighted by atomic mass is 35.5. The summed E-state index contributed by atoms with van der Waals surface area (Å²) in [6, 6.07) is 4.83. The number of nitrogens with zero attached hydrogens (tertiary/aromatic N) is 1. The van der Waals surface area contributed by atoms with Crippen molar-refractivity contribution in [1.82, 2.24) is 4.90 Å². The first-order chi connectivity index (χ1) is 10.0. The maximum atomic E-state index is 12.7. The molecule has 0 radical (unpaired) electrons. The zero-order chi connectivity index (χ0) is 15.4. The fraction of sp³-hybridized carbons (Fsp3) is 0.500. The van der Waals surface area contributed by atoms with Gasteiger partial charge in [-0.05, 0) is 50.8 Å². The number of likely N-dealkylation sites (tertiary alicyclic amines) is 1. The number of ether oxygens (including phenoxy) is 1. The average molecular weight is 310 g/mol. The summed E-state index contributed by atoms with van der Waals surface area (Å²) in [6.45, 7) is 4.57. The Balaban J connectivity index is 2.24. The van der Waals surface area contributed by atoms with Gasteiger partial charge in [0.05, 0.1) is 17.2 Å². The molecule has 0 N–H and O–H groups in total. The Hall–Kier alpha value is -1.55. The molecular weight excluding hydrogens is 290 g/mol. The number of carbonyl (C=O) groups is 2. The highest BCUT2D eigenvalue weighted by molar-refractivity contribution is 6.34. The van der Waals surface area contributed by atoms with E-state index in [9.17, 15) is 9.59 Å². The van der Waals surface area contributed by atoms with Crippen molar-refractivity contribution in [1.29, 1.82) is 0 Å². The monoisotopic (exact) mass is 309 g/mol. The lowest BCUT2D eigenvalue weighted by molar-refractivity contribution is -0.149. The average Bonchev–Trinajstić information content (AvgIpc) is 2.47. The zero-order valence-electron chi connectivity index (χ0n) is 12.4. The third-order valence-electron chi connectivity index (χ3n) is 3.68. The van der Waals surface area contributed by atoms with E-state index in [1.54, 1.807) is 24.0 Å². The van der Waals surface area contributed by atoms with Gasteiger partial charge >= 0.3 is 5.97 Å². The van der Waals surface area contributed by atoms with Gasteiger partial charge in [-0.2, -0.15) is 0 Å². The molecule has 0 bridgehead atoms. The predicted octanol–water partition coefficient (Wildman–Crippen LogP) is 3.21. The molecular formula is C16H20ClNO3. The van der Waals surface area contributed by atoms with Crippen molar-refractivity contribution in [3.8, 4) is 0 Å². The molecule has 1 aliphatic heterocycles. The van der Waals surface area contributed by atoms with Crippen molar-refractivity contribution in [2.75, 3.05) is 13.2 Å². The minimum absolute atomic E-state index is 0.197. The van der Waals surface area contributed by atoms with Crippen LogP contribution in [0.3, 0.4) is 0 Å². The zero-order valence-corrected chi connectivity index (χ0v) is 13.2. The van der Waals surface area contributed by atoms with E-state index in [0.29, 0.717) is 30.2 Å². The van der Waals surface area contributed by atoms with Crippen LogP contribution >= 0.6 is 11.6 Å². The van der Waals surface area contributed by atoms with E-state index >= 15 is 0 Å². The number of esters is 1. The van der Waals surface area contributed by atoms with Crippen LogP contribution in [0.25, 0.3) is 0 Å². The lowest BCUT2D eigenvalue weighted by Gasteiger charge is -2.34. The van der Waals surface area contributed by atoms with Crippen LogP contribution in [0, 0.1) is 6.92 Å². The Kier molecular flexibility index (Phi) is 5.23. The molecule has 114 valence electrons. The Labute approximate surface area is 130 Å². The molecule has 1 aromatic carbocycles. The van der Waals surface area contributed by atoms with E-state index < -0.39 is 6.04 Å². The normalized spacial score (nSPS) is 18.4. The molecule has 5 heteroatoms. The number of rotatable bonds is 3. The summed E-state index contributed by atoms with van der Waals surface area (Å²) in [5.74, 6) is -0.522. The molecule has 1 fully saturated rings. The van der Waals surface area contributed by atoms with E-state index in [-0.39, 0.29) is 11.9 Å². The van der Waals surface area contributed by atoms with Crippen LogP contribution < -0.4 is 0 Å². The summed E-state index contributed by atoms with van der Waals surface area (Å²) in [5.41, 5.74) is 1.44. The highest BCUT2D eigenvalue weighted by Gasteiger charge is 2.34. The second-order valence-electron chi connectivity index (χ2n) is 5.25. The van der Waals surface area contributed by atoms with Crippen molar-refractivity contribution in [3.05, 3.63) is 34.3 Å². The summed E-state index contributed by atoms with van der Waals surface area (Å²) in [5, 5.41) is 0.424. The third kappa shape index (κ3) is 3.56. The molecule has 1 atom stereocenters. The van der Waals surface area contributed by atoms with Crippen molar-refractivity contribution >= 4 is 23.5 Å². The fourth-order valence-corrected chi connectivity index (χ4v) is 2.92. The number of carbonyl (C=O) groups excluding carboxylic acids is 2. The summed E-state index contributed by atoms with van der Waals surface area (Å²) in [7, 11) is 0. The van der Waals surface area contributed by atoms with Crippen LogP contribution in [-0.2, 0) is 9.53 Å². The Bertz CT molecular complexity index is 544. The molecule has 1 unspecified atom stereocenters. The van der Waals surface area contributed by atoms with Crippen molar-refractivity contribution in [3.63, 3.8) is 0 Å². The smallest absolute Gasteiger partial charge is 0.328 e. The summed E-state index contributed by atoms with van der Waals surface area (Å²) in [4.78, 5) is 26.3. The van der Waals surface area contributed by atoms with Gasteiger partial charge in [-0.3, -0.25) is 4.79 Å². The number of halogens is 1. The predicted molar refractivity (Wildman–Crippen MR) is 81.5 cm³/mol. The third-order valence-corrected chi connectivity index (χ3v) is 3.99. The molecule has 1 saturated heterocycles. The molecule has 0 aromatic heterocycles. The Morgan fingerprint density at radius 1 is 1.38 bits per heavy atom. The molecule has 1 aliphatic rings. The summed E-state index contributed by atoms with van der Waals surface area (Å²) < 4.78 is 5.08. The first kappa shape index (κ1) is 15.8. The van der Waals surface area contributed by atoms with Gasteiger partial charge in [-0.15, -0.1) is 0 Å². The van der Waals surface area contributed by atoms with Gasteiger partial charge in [0.1, 0.15) is 6.04 Å². The standard InChI is InChI=1S/C16H20ClNO3/c1-3-21-16(20)14-6-4-5-9-18(14)15(19)12-8-7-11(2)10-13(12)17/h7-8,10,14H,3-6,9H2,1-2H3. The Morgan fingerprint density at radius 2 is 2.14 bits per heavy atom. The highest BCUT2D eigenvalue weighted by Crippen LogP contribution is 2.25.